The summed E-state index contributed by atoms with van der Waals surface area (Å²) in [7, 11) is 0. The van der Waals surface area contributed by atoms with E-state index in [1.165, 1.54) is 18.4 Å². The molecule has 4 unspecified atom stereocenters. The maximum absolute atomic E-state index is 13.6. The van der Waals surface area contributed by atoms with Gasteiger partial charge in [0.1, 0.15) is 0 Å². The molecular formula is C23H24N2O2. The van der Waals surface area contributed by atoms with Crippen molar-refractivity contribution < 1.29 is 9.59 Å². The maximum Gasteiger partial charge on any atom is 0.251 e. The van der Waals surface area contributed by atoms with Gasteiger partial charge in [0, 0.05) is 30.6 Å². The van der Waals surface area contributed by atoms with Gasteiger partial charge in [-0.1, -0.05) is 55.0 Å². The van der Waals surface area contributed by atoms with E-state index < -0.39 is 0 Å². The summed E-state index contributed by atoms with van der Waals surface area (Å²) < 4.78 is 0. The minimum atomic E-state index is -0.269. The van der Waals surface area contributed by atoms with Gasteiger partial charge in [0.15, 0.2) is 0 Å². The predicted molar refractivity (Wildman–Crippen MR) is 104 cm³/mol. The number of carbonyl (C=O) groups excluding carboxylic acids is 2. The number of benzene rings is 2. The van der Waals surface area contributed by atoms with Crippen LogP contribution >= 0.6 is 0 Å². The second kappa shape index (κ2) is 6.52. The third-order valence-corrected chi connectivity index (χ3v) is 6.70. The van der Waals surface area contributed by atoms with Crippen molar-refractivity contribution in [3.05, 3.63) is 71.3 Å². The Morgan fingerprint density at radius 1 is 1.00 bits per heavy atom. The molecule has 1 saturated heterocycles. The van der Waals surface area contributed by atoms with E-state index in [0.29, 0.717) is 30.0 Å². The van der Waals surface area contributed by atoms with Gasteiger partial charge in [0.2, 0.25) is 5.91 Å². The van der Waals surface area contributed by atoms with Crippen molar-refractivity contribution in [2.45, 2.75) is 37.1 Å². The average molecular weight is 360 g/mol. The van der Waals surface area contributed by atoms with Crippen LogP contribution in [0, 0.1) is 5.92 Å². The molecule has 27 heavy (non-hydrogen) atoms. The quantitative estimate of drug-likeness (QED) is 0.893. The number of rotatable bonds is 2. The van der Waals surface area contributed by atoms with Gasteiger partial charge in [0.05, 0.1) is 5.92 Å². The average Bonchev–Trinajstić information content (AvgIpc) is 3.31. The second-order valence-corrected chi connectivity index (χ2v) is 8.02. The highest BCUT2D eigenvalue weighted by Crippen LogP contribution is 2.47. The molecular weight excluding hydrogens is 336 g/mol. The number of carbonyl (C=O) groups is 2. The number of nitrogens with one attached hydrogen (secondary N) is 1. The van der Waals surface area contributed by atoms with E-state index in [0.717, 1.165) is 18.5 Å². The largest absolute Gasteiger partial charge is 0.351 e. The van der Waals surface area contributed by atoms with E-state index >= 15 is 0 Å². The summed E-state index contributed by atoms with van der Waals surface area (Å²) in [5.74, 6) is 0.824. The Bertz CT molecular complexity index is 879. The van der Waals surface area contributed by atoms with Gasteiger partial charge in [-0.25, -0.2) is 0 Å². The van der Waals surface area contributed by atoms with E-state index in [-0.39, 0.29) is 17.7 Å². The van der Waals surface area contributed by atoms with Gasteiger partial charge < -0.3 is 10.2 Å². The highest BCUT2D eigenvalue weighted by atomic mass is 16.2. The lowest BCUT2D eigenvalue weighted by Gasteiger charge is -2.31. The lowest BCUT2D eigenvalue weighted by molar-refractivity contribution is -0.133. The van der Waals surface area contributed by atoms with Crippen molar-refractivity contribution >= 4 is 11.8 Å². The first kappa shape index (κ1) is 16.5. The normalized spacial score (nSPS) is 29.2. The molecule has 2 fully saturated rings. The summed E-state index contributed by atoms with van der Waals surface area (Å²) in [6, 6.07) is 18.5. The minimum Gasteiger partial charge on any atom is -0.351 e. The molecule has 0 spiro atoms. The molecule has 2 aliphatic heterocycles. The van der Waals surface area contributed by atoms with Crippen LogP contribution < -0.4 is 5.32 Å². The number of amides is 2. The lowest BCUT2D eigenvalue weighted by atomic mass is 9.86. The Balaban J connectivity index is 1.46. The molecule has 2 heterocycles. The molecule has 138 valence electrons. The number of hydrogen-bond acceptors (Lipinski definition) is 2. The summed E-state index contributed by atoms with van der Waals surface area (Å²) in [5, 5.41) is 2.91. The van der Waals surface area contributed by atoms with Crippen LogP contribution in [0.2, 0.25) is 0 Å². The molecule has 1 N–H and O–H groups in total. The fraction of sp³-hybridized carbons (Fsp3) is 0.391. The monoisotopic (exact) mass is 360 g/mol. The van der Waals surface area contributed by atoms with E-state index in [9.17, 15) is 9.59 Å². The van der Waals surface area contributed by atoms with E-state index in [1.54, 1.807) is 0 Å². The molecule has 2 aromatic rings. The lowest BCUT2D eigenvalue weighted by Crippen LogP contribution is -2.45. The molecule has 0 aromatic heterocycles. The molecule has 4 atom stereocenters. The Labute approximate surface area is 159 Å². The van der Waals surface area contributed by atoms with Gasteiger partial charge >= 0.3 is 0 Å². The zero-order valence-corrected chi connectivity index (χ0v) is 15.3. The third-order valence-electron chi connectivity index (χ3n) is 6.70. The highest BCUT2D eigenvalue weighted by molar-refractivity contribution is 6.00. The highest BCUT2D eigenvalue weighted by Gasteiger charge is 2.48. The number of hydrogen-bond donors (Lipinski definition) is 1. The maximum atomic E-state index is 13.6. The molecule has 0 radical (unpaired) electrons. The summed E-state index contributed by atoms with van der Waals surface area (Å²) in [6.45, 7) is 1.20. The minimum absolute atomic E-state index is 0.0722. The standard InChI is InChI=1S/C23H24N2O2/c26-22-18-10-5-4-9-16(18)19(13-24-22)23(27)25-14-20(15-7-2-1-3-8-15)17-11-6-12-21(17)25/h1-5,7-10,17,19-21H,6,11-14H2,(H,24,26). The first-order valence-corrected chi connectivity index (χ1v) is 9.96. The van der Waals surface area contributed by atoms with Crippen LogP contribution in [0.3, 0.4) is 0 Å². The van der Waals surface area contributed by atoms with Crippen LogP contribution in [0.25, 0.3) is 0 Å². The fourth-order valence-electron chi connectivity index (χ4n) is 5.44. The first-order chi connectivity index (χ1) is 13.2. The summed E-state index contributed by atoms with van der Waals surface area (Å²) in [6.07, 6.45) is 3.49. The van der Waals surface area contributed by atoms with Gasteiger partial charge in [-0.15, -0.1) is 0 Å². The third kappa shape index (κ3) is 2.66. The molecule has 1 aliphatic carbocycles. The summed E-state index contributed by atoms with van der Waals surface area (Å²) in [5.41, 5.74) is 2.87. The molecule has 5 rings (SSSR count). The molecule has 0 bridgehead atoms. The number of nitrogens with zero attached hydrogens (tertiary/aromatic N) is 1. The van der Waals surface area contributed by atoms with E-state index in [1.807, 2.05) is 24.3 Å². The van der Waals surface area contributed by atoms with Crippen molar-refractivity contribution in [3.63, 3.8) is 0 Å². The Hall–Kier alpha value is -2.62. The van der Waals surface area contributed by atoms with Gasteiger partial charge in [-0.05, 0) is 36.0 Å². The van der Waals surface area contributed by atoms with Crippen LogP contribution in [0.5, 0.6) is 0 Å². The van der Waals surface area contributed by atoms with Crippen molar-refractivity contribution in [2.24, 2.45) is 5.92 Å². The van der Waals surface area contributed by atoms with Crippen LogP contribution in [0.1, 0.15) is 52.6 Å². The van der Waals surface area contributed by atoms with Crippen LogP contribution in [0.15, 0.2) is 54.6 Å². The predicted octanol–water partition coefficient (Wildman–Crippen LogP) is 3.31. The Morgan fingerprint density at radius 2 is 1.78 bits per heavy atom. The molecule has 4 nitrogen and oxygen atoms in total. The first-order valence-electron chi connectivity index (χ1n) is 9.96. The zero-order chi connectivity index (χ0) is 18.4. The van der Waals surface area contributed by atoms with Gasteiger partial charge in [-0.3, -0.25) is 9.59 Å². The van der Waals surface area contributed by atoms with Gasteiger partial charge in [0.25, 0.3) is 5.91 Å². The van der Waals surface area contributed by atoms with E-state index in [2.05, 4.69) is 40.5 Å². The van der Waals surface area contributed by atoms with Crippen LogP contribution in [-0.2, 0) is 4.79 Å². The molecule has 1 saturated carbocycles. The van der Waals surface area contributed by atoms with Gasteiger partial charge in [-0.2, -0.15) is 0 Å². The van der Waals surface area contributed by atoms with Crippen molar-refractivity contribution in [1.29, 1.82) is 0 Å². The second-order valence-electron chi connectivity index (χ2n) is 8.02. The van der Waals surface area contributed by atoms with E-state index in [4.69, 9.17) is 0 Å². The molecule has 2 amide bonds. The zero-order valence-electron chi connectivity index (χ0n) is 15.3. The fourth-order valence-corrected chi connectivity index (χ4v) is 5.44. The van der Waals surface area contributed by atoms with Crippen LogP contribution in [0.4, 0.5) is 0 Å². The number of fused-ring (bicyclic) bond motifs is 2. The molecule has 3 aliphatic rings. The SMILES string of the molecule is O=C1NCC(C(=O)N2CC(c3ccccc3)C3CCCC32)c2ccccc21. The topological polar surface area (TPSA) is 49.4 Å². The van der Waals surface area contributed by atoms with Crippen molar-refractivity contribution in [2.75, 3.05) is 13.1 Å². The summed E-state index contributed by atoms with van der Waals surface area (Å²) in [4.78, 5) is 27.9. The number of likely N-dealkylation sites (tertiary alicyclic amines) is 1. The molecule has 4 heteroatoms. The van der Waals surface area contributed by atoms with Crippen molar-refractivity contribution in [3.8, 4) is 0 Å². The summed E-state index contributed by atoms with van der Waals surface area (Å²) >= 11 is 0. The Morgan fingerprint density at radius 3 is 2.63 bits per heavy atom. The van der Waals surface area contributed by atoms with Crippen LogP contribution in [-0.4, -0.2) is 35.8 Å². The Kier molecular flexibility index (Phi) is 4.00. The smallest absolute Gasteiger partial charge is 0.251 e. The molecule has 2 aromatic carbocycles. The van der Waals surface area contributed by atoms with Crippen molar-refractivity contribution in [1.82, 2.24) is 10.2 Å².